The Morgan fingerprint density at radius 3 is 1.97 bits per heavy atom. The molecule has 6 aromatic rings. The van der Waals surface area contributed by atoms with Gasteiger partial charge in [0.15, 0.2) is 6.17 Å². The van der Waals surface area contributed by atoms with Crippen molar-refractivity contribution in [2.75, 3.05) is 103 Å². The van der Waals surface area contributed by atoms with E-state index in [1.54, 1.807) is 0 Å². The van der Waals surface area contributed by atoms with E-state index in [1.165, 1.54) is 19.6 Å². The van der Waals surface area contributed by atoms with Crippen LogP contribution in [0.5, 0.6) is 0 Å². The molecule has 0 amide bonds. The van der Waals surface area contributed by atoms with Crippen molar-refractivity contribution in [1.29, 1.82) is 0 Å². The van der Waals surface area contributed by atoms with E-state index in [2.05, 4.69) is 163 Å². The van der Waals surface area contributed by atoms with E-state index in [-0.39, 0.29) is 6.17 Å². The second-order valence-corrected chi connectivity index (χ2v) is 21.4. The number of amidine groups is 2. The van der Waals surface area contributed by atoms with Crippen molar-refractivity contribution in [2.45, 2.75) is 38.8 Å². The molecule has 0 spiro atoms. The maximum Gasteiger partial charge on any atom is 0.171 e. The highest BCUT2D eigenvalue weighted by molar-refractivity contribution is 8.00. The number of aromatic amines is 2. The molecular formula is C48H58N12S4. The lowest BCUT2D eigenvalue weighted by Gasteiger charge is -2.16. The van der Waals surface area contributed by atoms with E-state index in [9.17, 15) is 0 Å². The monoisotopic (exact) mass is 930 g/mol. The minimum absolute atomic E-state index is 0.373. The Kier molecular flexibility index (Phi) is 14.1. The molecule has 3 aliphatic heterocycles. The molecule has 12 nitrogen and oxygen atoms in total. The van der Waals surface area contributed by atoms with Crippen LogP contribution in [0.1, 0.15) is 41.5 Å². The van der Waals surface area contributed by atoms with Crippen molar-refractivity contribution in [2.24, 2.45) is 20.0 Å². The summed E-state index contributed by atoms with van der Waals surface area (Å²) < 4.78 is 0. The second-order valence-electron chi connectivity index (χ2n) is 16.9. The van der Waals surface area contributed by atoms with Crippen molar-refractivity contribution in [3.63, 3.8) is 0 Å². The number of benzene rings is 4. The minimum atomic E-state index is -0.493. The molecule has 16 heteroatoms. The number of aromatic nitrogens is 2. The van der Waals surface area contributed by atoms with Gasteiger partial charge in [-0.25, -0.2) is 20.0 Å². The average molecular weight is 931 g/mol. The molecule has 334 valence electrons. The minimum Gasteiger partial charge on any atom is -0.346 e. The molecular weight excluding hydrogens is 873 g/mol. The van der Waals surface area contributed by atoms with Crippen LogP contribution >= 0.6 is 47.0 Å². The van der Waals surface area contributed by atoms with Crippen LogP contribution in [0.25, 0.3) is 21.5 Å². The van der Waals surface area contributed by atoms with Gasteiger partial charge in [0.1, 0.15) is 40.4 Å². The highest BCUT2D eigenvalue weighted by atomic mass is 32.2. The highest BCUT2D eigenvalue weighted by Crippen LogP contribution is 2.44. The number of hydrogen-bond acceptors (Lipinski definition) is 14. The lowest BCUT2D eigenvalue weighted by atomic mass is 10.1. The Morgan fingerprint density at radius 1 is 0.609 bits per heavy atom. The van der Waals surface area contributed by atoms with E-state index in [1.807, 2.05) is 47.0 Å². The zero-order valence-corrected chi connectivity index (χ0v) is 41.0. The van der Waals surface area contributed by atoms with E-state index in [0.717, 1.165) is 134 Å². The van der Waals surface area contributed by atoms with Gasteiger partial charge in [0, 0.05) is 113 Å². The van der Waals surface area contributed by atoms with E-state index in [4.69, 9.17) is 20.0 Å². The van der Waals surface area contributed by atoms with E-state index in [0.29, 0.717) is 0 Å². The maximum atomic E-state index is 5.56. The normalized spacial score (nSPS) is 16.5. The Labute approximate surface area is 393 Å². The van der Waals surface area contributed by atoms with Crippen LogP contribution in [-0.4, -0.2) is 134 Å². The van der Waals surface area contributed by atoms with Crippen molar-refractivity contribution in [3.8, 4) is 0 Å². The second kappa shape index (κ2) is 20.1. The number of H-pyrrole nitrogens is 2. The van der Waals surface area contributed by atoms with Gasteiger partial charge in [-0.2, -0.15) is 0 Å². The van der Waals surface area contributed by atoms with Crippen LogP contribution in [0, 0.1) is 0 Å². The molecule has 2 unspecified atom stereocenters. The van der Waals surface area contributed by atoms with Crippen LogP contribution < -0.4 is 26.9 Å². The van der Waals surface area contributed by atoms with Gasteiger partial charge in [0.2, 0.25) is 0 Å². The molecule has 2 atom stereocenters. The Morgan fingerprint density at radius 2 is 1.23 bits per heavy atom. The van der Waals surface area contributed by atoms with Crippen molar-refractivity contribution >= 4 is 91.9 Å². The van der Waals surface area contributed by atoms with Crippen LogP contribution in [-0.2, 0) is 0 Å². The fourth-order valence-electron chi connectivity index (χ4n) is 8.19. The quantitative estimate of drug-likeness (QED) is 0.0457. The number of fused-ring (bicyclic) bond motifs is 18. The number of rotatable bonds is 17. The van der Waals surface area contributed by atoms with Crippen molar-refractivity contribution < 1.29 is 0 Å². The molecule has 5 N–H and O–H groups in total. The van der Waals surface area contributed by atoms with Crippen molar-refractivity contribution in [1.82, 2.24) is 35.3 Å². The number of nitrogens with zero attached hydrogens (tertiary/aromatic N) is 7. The third-order valence-electron chi connectivity index (χ3n) is 11.4. The third-order valence-corrected chi connectivity index (χ3v) is 15.6. The summed E-state index contributed by atoms with van der Waals surface area (Å²) in [6, 6.07) is 26.2. The summed E-state index contributed by atoms with van der Waals surface area (Å²) >= 11 is 7.45. The standard InChI is InChI=1S/C48H58N12S4/c1-8-49-21-25-61-33-17-9-13-29-37(33)45-50-41(29)52-46-39-31(15-11-19-35(39)63-27-23-59(4)5)43(54-46)56-48-40-32(16-12-20-36(40)64-28-24-60(6)7)44(57-48)55-47-38-30(42(51-45)53-47)14-10-18-34(38)62-26-22-58(2)3/h9-20,44,46,49,53,55H,8,21-28H2,1-7H3,(H,50,51,52)(H,54,56,57). The summed E-state index contributed by atoms with van der Waals surface area (Å²) in [5, 5.41) is 15.5. The molecule has 2 aromatic heterocycles. The molecule has 0 saturated carbocycles. The summed E-state index contributed by atoms with van der Waals surface area (Å²) in [4.78, 5) is 41.1. The summed E-state index contributed by atoms with van der Waals surface area (Å²) in [6.45, 7) is 6.90. The van der Waals surface area contributed by atoms with E-state index >= 15 is 0 Å². The summed E-state index contributed by atoms with van der Waals surface area (Å²) in [5.74, 6) is 7.04. The van der Waals surface area contributed by atoms with E-state index < -0.39 is 6.17 Å². The Bertz CT molecular complexity index is 2840. The molecule has 0 saturated heterocycles. The number of anilines is 1. The van der Waals surface area contributed by atoms with Gasteiger partial charge in [-0.1, -0.05) is 55.5 Å². The molecule has 0 aliphatic carbocycles. The highest BCUT2D eigenvalue weighted by Gasteiger charge is 2.34. The lowest BCUT2D eigenvalue weighted by molar-refractivity contribution is 0.437. The smallest absolute Gasteiger partial charge is 0.171 e. The van der Waals surface area contributed by atoms with Crippen LogP contribution in [0.15, 0.2) is 112 Å². The molecule has 3 aliphatic rings. The molecule has 4 aromatic carbocycles. The van der Waals surface area contributed by atoms with Gasteiger partial charge in [0.25, 0.3) is 0 Å². The van der Waals surface area contributed by atoms with Gasteiger partial charge in [-0.05, 0) is 73.1 Å². The Balaban J connectivity index is 1.28. The van der Waals surface area contributed by atoms with Gasteiger partial charge < -0.3 is 40.6 Å². The summed E-state index contributed by atoms with van der Waals surface area (Å²) in [5.41, 5.74) is 5.92. The molecule has 0 fully saturated rings. The fraction of sp³-hybridized carbons (Fsp3) is 0.375. The molecule has 0 radical (unpaired) electrons. The first kappa shape index (κ1) is 44.9. The Hall–Kier alpha value is -4.26. The van der Waals surface area contributed by atoms with Crippen LogP contribution in [0.2, 0.25) is 0 Å². The number of thioether (sulfide) groups is 4. The molecule has 9 rings (SSSR count). The fourth-order valence-corrected chi connectivity index (χ4v) is 12.8. The summed E-state index contributed by atoms with van der Waals surface area (Å²) in [7, 11) is 12.8. The SMILES string of the molecule is CCNCCSc1cccc2c3[nH]c(c12)=Nc1[nH]c(c2c(SCCN(C)C)cccc12)NC1N=C(NC2=NC(N=3)c3c(SCCN(C)C)cccc32)c2c(SCCN(C)C)cccc21. The molecule has 64 heavy (non-hydrogen) atoms. The first-order chi connectivity index (χ1) is 31.2. The zero-order valence-electron chi connectivity index (χ0n) is 37.7. The molecule has 5 heterocycles. The van der Waals surface area contributed by atoms with Crippen LogP contribution in [0.3, 0.4) is 0 Å². The van der Waals surface area contributed by atoms with Gasteiger partial charge in [-0.15, -0.1) is 47.0 Å². The zero-order chi connectivity index (χ0) is 44.3. The number of aliphatic imine (C=N–C) groups is 2. The first-order valence-corrected chi connectivity index (χ1v) is 25.9. The maximum absolute atomic E-state index is 5.56. The molecule has 8 bridgehead atoms. The van der Waals surface area contributed by atoms with Gasteiger partial charge >= 0.3 is 0 Å². The summed E-state index contributed by atoms with van der Waals surface area (Å²) in [6.07, 6.45) is -0.866. The largest absolute Gasteiger partial charge is 0.346 e. The average Bonchev–Trinajstić information content (AvgIpc) is 4.01. The van der Waals surface area contributed by atoms with Gasteiger partial charge in [0.05, 0.1) is 0 Å². The predicted molar refractivity (Wildman–Crippen MR) is 274 cm³/mol. The first-order valence-electron chi connectivity index (χ1n) is 22.0. The predicted octanol–water partition coefficient (Wildman–Crippen LogP) is 7.82. The van der Waals surface area contributed by atoms with Gasteiger partial charge in [-0.3, -0.25) is 0 Å². The number of nitrogens with one attached hydrogen (secondary N) is 5. The third kappa shape index (κ3) is 9.52. The van der Waals surface area contributed by atoms with Crippen LogP contribution in [0.4, 0.5) is 11.6 Å². The lowest BCUT2D eigenvalue weighted by Crippen LogP contribution is -2.30. The van der Waals surface area contributed by atoms with Crippen molar-refractivity contribution in [3.05, 3.63) is 106 Å². The topological polar surface area (TPSA) is 127 Å². The number of hydrogen-bond donors (Lipinski definition) is 5.